The maximum atomic E-state index is 12.9. The minimum atomic E-state index is -0.691. The SMILES string of the molecule is NC(=O)c1cccc2c1C(=O)N(C1CCN(c3ccccc3)CC1)C2=O. The summed E-state index contributed by atoms with van der Waals surface area (Å²) in [6, 6.07) is 14.6. The molecule has 132 valence electrons. The number of hydrogen-bond donors (Lipinski definition) is 1. The average Bonchev–Trinajstić information content (AvgIpc) is 2.93. The van der Waals surface area contributed by atoms with Gasteiger partial charge in [0.05, 0.1) is 16.7 Å². The lowest BCUT2D eigenvalue weighted by molar-refractivity contribution is 0.0560. The van der Waals surface area contributed by atoms with Gasteiger partial charge in [0.15, 0.2) is 0 Å². The summed E-state index contributed by atoms with van der Waals surface area (Å²) in [6.45, 7) is 1.54. The normalized spacial score (nSPS) is 17.5. The van der Waals surface area contributed by atoms with E-state index in [1.165, 1.54) is 11.0 Å². The van der Waals surface area contributed by atoms with Gasteiger partial charge >= 0.3 is 0 Å². The summed E-state index contributed by atoms with van der Waals surface area (Å²) < 4.78 is 0. The molecule has 0 unspecified atom stereocenters. The zero-order chi connectivity index (χ0) is 18.3. The van der Waals surface area contributed by atoms with Crippen LogP contribution >= 0.6 is 0 Å². The molecule has 2 aliphatic heterocycles. The van der Waals surface area contributed by atoms with Crippen molar-refractivity contribution in [3.05, 3.63) is 65.2 Å². The maximum Gasteiger partial charge on any atom is 0.262 e. The van der Waals surface area contributed by atoms with E-state index in [2.05, 4.69) is 17.0 Å². The van der Waals surface area contributed by atoms with Crippen LogP contribution in [-0.4, -0.2) is 41.8 Å². The molecule has 0 radical (unpaired) electrons. The molecule has 0 aromatic heterocycles. The van der Waals surface area contributed by atoms with Crippen LogP contribution in [-0.2, 0) is 0 Å². The van der Waals surface area contributed by atoms with Gasteiger partial charge in [0.2, 0.25) is 5.91 Å². The summed E-state index contributed by atoms with van der Waals surface area (Å²) in [7, 11) is 0. The number of carbonyl (C=O) groups is 3. The lowest BCUT2D eigenvalue weighted by Crippen LogP contribution is -2.47. The molecule has 0 aliphatic carbocycles. The first kappa shape index (κ1) is 16.3. The van der Waals surface area contributed by atoms with Crippen LogP contribution in [0.5, 0.6) is 0 Å². The second-order valence-corrected chi connectivity index (χ2v) is 6.63. The number of nitrogens with two attached hydrogens (primary N) is 1. The topological polar surface area (TPSA) is 83.7 Å². The van der Waals surface area contributed by atoms with E-state index in [4.69, 9.17) is 5.73 Å². The number of rotatable bonds is 3. The molecule has 1 fully saturated rings. The zero-order valence-electron chi connectivity index (χ0n) is 14.2. The highest BCUT2D eigenvalue weighted by Crippen LogP contribution is 2.31. The summed E-state index contributed by atoms with van der Waals surface area (Å²) in [5, 5.41) is 0. The van der Waals surface area contributed by atoms with Gasteiger partial charge < -0.3 is 10.6 Å². The van der Waals surface area contributed by atoms with Gasteiger partial charge in [-0.25, -0.2) is 0 Å². The van der Waals surface area contributed by atoms with Crippen molar-refractivity contribution in [2.45, 2.75) is 18.9 Å². The molecule has 2 heterocycles. The first-order chi connectivity index (χ1) is 12.6. The number of nitrogens with zero attached hydrogens (tertiary/aromatic N) is 2. The molecule has 2 aromatic rings. The standard InChI is InChI=1S/C20H19N3O3/c21-18(24)15-7-4-8-16-17(15)20(26)23(19(16)25)14-9-11-22(12-10-14)13-5-2-1-3-6-13/h1-8,14H,9-12H2,(H2,21,24). The summed E-state index contributed by atoms with van der Waals surface area (Å²) in [4.78, 5) is 40.8. The van der Waals surface area contributed by atoms with Crippen molar-refractivity contribution < 1.29 is 14.4 Å². The summed E-state index contributed by atoms with van der Waals surface area (Å²) in [5.41, 5.74) is 7.06. The molecule has 2 aromatic carbocycles. The van der Waals surface area contributed by atoms with Gasteiger partial charge in [0, 0.05) is 24.8 Å². The van der Waals surface area contributed by atoms with Crippen molar-refractivity contribution in [2.75, 3.05) is 18.0 Å². The second-order valence-electron chi connectivity index (χ2n) is 6.63. The fraction of sp³-hybridized carbons (Fsp3) is 0.250. The number of hydrogen-bond acceptors (Lipinski definition) is 4. The van der Waals surface area contributed by atoms with Crippen molar-refractivity contribution in [1.29, 1.82) is 0 Å². The van der Waals surface area contributed by atoms with Crippen LogP contribution in [0.2, 0.25) is 0 Å². The molecule has 0 bridgehead atoms. The first-order valence-electron chi connectivity index (χ1n) is 8.68. The number of benzene rings is 2. The van der Waals surface area contributed by atoms with Crippen molar-refractivity contribution in [1.82, 2.24) is 4.90 Å². The molecule has 0 saturated carbocycles. The van der Waals surface area contributed by atoms with Gasteiger partial charge in [0.1, 0.15) is 0 Å². The Bertz CT molecular complexity index is 886. The molecule has 2 N–H and O–H groups in total. The smallest absolute Gasteiger partial charge is 0.262 e. The Morgan fingerprint density at radius 2 is 1.62 bits per heavy atom. The van der Waals surface area contributed by atoms with Gasteiger partial charge in [-0.2, -0.15) is 0 Å². The highest BCUT2D eigenvalue weighted by molar-refractivity contribution is 6.25. The predicted octanol–water partition coefficient (Wildman–Crippen LogP) is 2.05. The molecule has 6 heteroatoms. The molecule has 0 atom stereocenters. The van der Waals surface area contributed by atoms with Crippen LogP contribution in [0, 0.1) is 0 Å². The molecule has 0 spiro atoms. The summed E-state index contributed by atoms with van der Waals surface area (Å²) >= 11 is 0. The van der Waals surface area contributed by atoms with E-state index in [1.807, 2.05) is 18.2 Å². The van der Waals surface area contributed by atoms with Gasteiger partial charge in [0.25, 0.3) is 11.8 Å². The van der Waals surface area contributed by atoms with E-state index in [1.54, 1.807) is 12.1 Å². The van der Waals surface area contributed by atoms with E-state index in [9.17, 15) is 14.4 Å². The van der Waals surface area contributed by atoms with E-state index >= 15 is 0 Å². The molecule has 2 aliphatic rings. The predicted molar refractivity (Wildman–Crippen MR) is 97.1 cm³/mol. The van der Waals surface area contributed by atoms with Crippen LogP contribution in [0.1, 0.15) is 43.9 Å². The molecule has 3 amide bonds. The minimum Gasteiger partial charge on any atom is -0.371 e. The number of carbonyl (C=O) groups excluding carboxylic acids is 3. The zero-order valence-corrected chi connectivity index (χ0v) is 14.2. The van der Waals surface area contributed by atoms with Gasteiger partial charge in [-0.3, -0.25) is 19.3 Å². The summed E-state index contributed by atoms with van der Waals surface area (Å²) in [6.07, 6.45) is 1.40. The Labute approximate surface area is 151 Å². The number of piperidine rings is 1. The number of fused-ring (bicyclic) bond motifs is 1. The van der Waals surface area contributed by atoms with E-state index in [-0.39, 0.29) is 28.6 Å². The third-order valence-corrected chi connectivity index (χ3v) is 5.16. The van der Waals surface area contributed by atoms with Crippen LogP contribution < -0.4 is 10.6 Å². The Morgan fingerprint density at radius 3 is 2.27 bits per heavy atom. The van der Waals surface area contributed by atoms with E-state index in [0.717, 1.165) is 18.8 Å². The molecule has 4 rings (SSSR count). The summed E-state index contributed by atoms with van der Waals surface area (Å²) in [5.74, 6) is -1.42. The highest BCUT2D eigenvalue weighted by Gasteiger charge is 2.42. The first-order valence-corrected chi connectivity index (χ1v) is 8.68. The third kappa shape index (κ3) is 2.54. The van der Waals surface area contributed by atoms with Crippen molar-refractivity contribution >= 4 is 23.4 Å². The van der Waals surface area contributed by atoms with Crippen molar-refractivity contribution in [3.8, 4) is 0 Å². The lowest BCUT2D eigenvalue weighted by Gasteiger charge is -2.36. The van der Waals surface area contributed by atoms with Crippen LogP contribution in [0.15, 0.2) is 48.5 Å². The van der Waals surface area contributed by atoms with Crippen LogP contribution in [0.3, 0.4) is 0 Å². The second kappa shape index (κ2) is 6.29. The Kier molecular flexibility index (Phi) is 3.95. The highest BCUT2D eigenvalue weighted by atomic mass is 16.2. The monoisotopic (exact) mass is 349 g/mol. The largest absolute Gasteiger partial charge is 0.371 e. The lowest BCUT2D eigenvalue weighted by atomic mass is 10.0. The molecule has 6 nitrogen and oxygen atoms in total. The van der Waals surface area contributed by atoms with Crippen LogP contribution in [0.4, 0.5) is 5.69 Å². The number of imide groups is 1. The Balaban J connectivity index is 1.55. The fourth-order valence-corrected chi connectivity index (χ4v) is 3.86. The number of para-hydroxylation sites is 1. The van der Waals surface area contributed by atoms with Gasteiger partial charge in [-0.05, 0) is 37.1 Å². The average molecular weight is 349 g/mol. The minimum absolute atomic E-state index is 0.116. The molecular weight excluding hydrogens is 330 g/mol. The Morgan fingerprint density at radius 1 is 0.923 bits per heavy atom. The number of amides is 3. The van der Waals surface area contributed by atoms with Crippen LogP contribution in [0.25, 0.3) is 0 Å². The van der Waals surface area contributed by atoms with Crippen molar-refractivity contribution in [3.63, 3.8) is 0 Å². The fourth-order valence-electron chi connectivity index (χ4n) is 3.86. The Hall–Kier alpha value is -3.15. The number of primary amides is 1. The quantitative estimate of drug-likeness (QED) is 0.860. The third-order valence-electron chi connectivity index (χ3n) is 5.16. The molecular formula is C20H19N3O3. The van der Waals surface area contributed by atoms with Gasteiger partial charge in [-0.15, -0.1) is 0 Å². The van der Waals surface area contributed by atoms with Gasteiger partial charge in [-0.1, -0.05) is 24.3 Å². The van der Waals surface area contributed by atoms with Crippen molar-refractivity contribution in [2.24, 2.45) is 5.73 Å². The molecule has 1 saturated heterocycles. The van der Waals surface area contributed by atoms with E-state index in [0.29, 0.717) is 12.8 Å². The maximum absolute atomic E-state index is 12.9. The van der Waals surface area contributed by atoms with E-state index < -0.39 is 11.8 Å². The molecule has 26 heavy (non-hydrogen) atoms. The number of anilines is 1.